The van der Waals surface area contributed by atoms with Crippen LogP contribution in [0.4, 0.5) is 5.69 Å². The van der Waals surface area contributed by atoms with Crippen LogP contribution in [0.15, 0.2) is 84.7 Å². The van der Waals surface area contributed by atoms with Gasteiger partial charge >= 0.3 is 0 Å². The molecule has 0 aliphatic rings. The van der Waals surface area contributed by atoms with E-state index in [-0.39, 0.29) is 11.8 Å². The van der Waals surface area contributed by atoms with Crippen LogP contribution in [0.25, 0.3) is 28.1 Å². The molecule has 0 unspecified atom stereocenters. The van der Waals surface area contributed by atoms with Crippen LogP contribution in [-0.4, -0.2) is 35.5 Å². The molecule has 0 spiro atoms. The minimum atomic E-state index is -0.139. The number of aryl methyl sites for hydroxylation is 1. The second-order valence-electron chi connectivity index (χ2n) is 9.42. The van der Waals surface area contributed by atoms with Gasteiger partial charge in [0.05, 0.1) is 0 Å². The molecule has 3 N–H and O–H groups in total. The predicted molar refractivity (Wildman–Crippen MR) is 158 cm³/mol. The van der Waals surface area contributed by atoms with Crippen LogP contribution in [0, 0.1) is 0 Å². The Morgan fingerprint density at radius 2 is 1.56 bits per heavy atom. The van der Waals surface area contributed by atoms with E-state index in [0.29, 0.717) is 17.7 Å². The van der Waals surface area contributed by atoms with E-state index in [2.05, 4.69) is 64.3 Å². The fourth-order valence-electron chi connectivity index (χ4n) is 4.52. The number of nitrogens with one attached hydrogen (secondary N) is 3. The molecule has 2 amide bonds. The maximum Gasteiger partial charge on any atom is 0.252 e. The summed E-state index contributed by atoms with van der Waals surface area (Å²) in [6.45, 7) is 4.41. The summed E-state index contributed by atoms with van der Waals surface area (Å²) >= 11 is 0. The van der Waals surface area contributed by atoms with Crippen molar-refractivity contribution in [1.29, 1.82) is 0 Å². The summed E-state index contributed by atoms with van der Waals surface area (Å²) in [6.07, 6.45) is 4.47. The fourth-order valence-corrected chi connectivity index (χ4v) is 4.52. The number of aromatic nitrogens is 2. The van der Waals surface area contributed by atoms with Crippen molar-refractivity contribution < 1.29 is 9.59 Å². The van der Waals surface area contributed by atoms with Crippen LogP contribution in [0.5, 0.6) is 0 Å². The van der Waals surface area contributed by atoms with E-state index < -0.39 is 0 Å². The first-order valence-electron chi connectivity index (χ1n) is 13.1. The maximum atomic E-state index is 13.6. The topological polar surface area (TPSA) is 88.1 Å². The number of anilines is 1. The number of amides is 2. The highest BCUT2D eigenvalue weighted by atomic mass is 16.2. The van der Waals surface area contributed by atoms with Gasteiger partial charge in [0.15, 0.2) is 0 Å². The maximum absolute atomic E-state index is 13.6. The molecule has 0 aliphatic carbocycles. The minimum absolute atomic E-state index is 0.136. The van der Waals surface area contributed by atoms with Gasteiger partial charge in [-0.2, -0.15) is 0 Å². The lowest BCUT2D eigenvalue weighted by molar-refractivity contribution is -0.115. The summed E-state index contributed by atoms with van der Waals surface area (Å²) < 4.78 is 1.99. The molecular weight excluding hydrogens is 486 g/mol. The summed E-state index contributed by atoms with van der Waals surface area (Å²) in [6, 6.07) is 21.7. The highest BCUT2D eigenvalue weighted by molar-refractivity contribution is 6.22. The van der Waals surface area contributed by atoms with Gasteiger partial charge in [0.2, 0.25) is 0 Å². The molecule has 39 heavy (non-hydrogen) atoms. The zero-order valence-corrected chi connectivity index (χ0v) is 23.1. The van der Waals surface area contributed by atoms with E-state index in [9.17, 15) is 9.59 Å². The molecule has 7 heteroatoms. The molecule has 0 radical (unpaired) electrons. The van der Waals surface area contributed by atoms with E-state index in [0.717, 1.165) is 51.3 Å². The Morgan fingerprint density at radius 3 is 2.15 bits per heavy atom. The third-order valence-corrected chi connectivity index (χ3v) is 6.94. The van der Waals surface area contributed by atoms with Crippen molar-refractivity contribution in [3.05, 3.63) is 101 Å². The van der Waals surface area contributed by atoms with Crippen molar-refractivity contribution in [3.63, 3.8) is 0 Å². The van der Waals surface area contributed by atoms with Crippen LogP contribution in [0.3, 0.4) is 0 Å². The Balaban J connectivity index is 1.61. The number of imidazole rings is 1. The summed E-state index contributed by atoms with van der Waals surface area (Å²) in [5.41, 5.74) is 8.03. The number of carbonyl (C=O) groups is 2. The highest BCUT2D eigenvalue weighted by Crippen LogP contribution is 2.33. The number of benzene rings is 3. The third kappa shape index (κ3) is 6.09. The standard InChI is InChI=1S/C32H35N5O2/c1-6-21(2)29(32(39)36-20-22-7-9-25(10-8-22)31(38)34-4)27-19-26(15-16-28(27)33-3)23-11-13-24(14-12-23)30-35-17-18-37(30)5/h7-19,33H,6,20H2,1-5H3,(H,34,38)(H,36,39). The molecule has 0 saturated heterocycles. The van der Waals surface area contributed by atoms with Gasteiger partial charge in [0.25, 0.3) is 11.8 Å². The molecule has 200 valence electrons. The lowest BCUT2D eigenvalue weighted by Crippen LogP contribution is -2.25. The summed E-state index contributed by atoms with van der Waals surface area (Å²) in [4.78, 5) is 29.9. The van der Waals surface area contributed by atoms with Crippen LogP contribution in [0.1, 0.15) is 41.8 Å². The lowest BCUT2D eigenvalue weighted by Gasteiger charge is -2.18. The van der Waals surface area contributed by atoms with Crippen molar-refractivity contribution in [3.8, 4) is 22.5 Å². The lowest BCUT2D eigenvalue weighted by atomic mass is 9.93. The van der Waals surface area contributed by atoms with Gasteiger partial charge in [0.1, 0.15) is 5.82 Å². The van der Waals surface area contributed by atoms with E-state index in [1.54, 1.807) is 25.4 Å². The zero-order chi connectivity index (χ0) is 27.9. The van der Waals surface area contributed by atoms with Gasteiger partial charge in [-0.1, -0.05) is 55.0 Å². The van der Waals surface area contributed by atoms with Crippen molar-refractivity contribution in [2.45, 2.75) is 26.8 Å². The number of carbonyl (C=O) groups excluding carboxylic acids is 2. The van der Waals surface area contributed by atoms with Gasteiger partial charge in [0, 0.05) is 68.0 Å². The Kier molecular flexibility index (Phi) is 8.61. The monoisotopic (exact) mass is 521 g/mol. The van der Waals surface area contributed by atoms with Gasteiger partial charge in [-0.05, 0) is 54.3 Å². The number of nitrogens with zero attached hydrogens (tertiary/aromatic N) is 2. The molecule has 3 aromatic carbocycles. The smallest absolute Gasteiger partial charge is 0.252 e. The summed E-state index contributed by atoms with van der Waals surface area (Å²) in [7, 11) is 5.45. The molecule has 0 fully saturated rings. The van der Waals surface area contributed by atoms with Gasteiger partial charge in [-0.25, -0.2) is 4.98 Å². The number of rotatable bonds is 9. The molecule has 0 aliphatic heterocycles. The largest absolute Gasteiger partial charge is 0.388 e. The third-order valence-electron chi connectivity index (χ3n) is 6.94. The highest BCUT2D eigenvalue weighted by Gasteiger charge is 2.19. The second kappa shape index (κ2) is 12.3. The number of hydrogen-bond donors (Lipinski definition) is 3. The summed E-state index contributed by atoms with van der Waals surface area (Å²) in [5, 5.41) is 8.95. The second-order valence-corrected chi connectivity index (χ2v) is 9.42. The molecule has 4 rings (SSSR count). The molecule has 0 saturated carbocycles. The molecule has 4 aromatic rings. The van der Waals surface area contributed by atoms with Gasteiger partial charge in [-0.3, -0.25) is 9.59 Å². The van der Waals surface area contributed by atoms with Crippen molar-refractivity contribution >= 4 is 23.1 Å². The van der Waals surface area contributed by atoms with Crippen LogP contribution in [0.2, 0.25) is 0 Å². The first kappa shape index (κ1) is 27.4. The quantitative estimate of drug-likeness (QED) is 0.248. The molecular formula is C32H35N5O2. The SMILES string of the molecule is CCC(C)=C(C(=O)NCc1ccc(C(=O)NC)cc1)c1cc(-c2ccc(-c3nccn3C)cc2)ccc1NC. The molecule has 7 nitrogen and oxygen atoms in total. The van der Waals surface area contributed by atoms with Crippen LogP contribution >= 0.6 is 0 Å². The summed E-state index contributed by atoms with van der Waals surface area (Å²) in [5.74, 6) is 0.639. The van der Waals surface area contributed by atoms with Gasteiger partial charge in [-0.15, -0.1) is 0 Å². The molecule has 1 heterocycles. The number of allylic oxidation sites excluding steroid dienone is 1. The van der Waals surface area contributed by atoms with Crippen LogP contribution < -0.4 is 16.0 Å². The van der Waals surface area contributed by atoms with Crippen molar-refractivity contribution in [2.75, 3.05) is 19.4 Å². The average molecular weight is 522 g/mol. The van der Waals surface area contributed by atoms with E-state index in [1.165, 1.54) is 0 Å². The Bertz CT molecular complexity index is 1500. The van der Waals surface area contributed by atoms with Crippen molar-refractivity contribution in [2.24, 2.45) is 7.05 Å². The normalized spacial score (nSPS) is 11.5. The van der Waals surface area contributed by atoms with Gasteiger partial charge < -0.3 is 20.5 Å². The molecule has 0 bridgehead atoms. The first-order valence-corrected chi connectivity index (χ1v) is 13.1. The fraction of sp³-hybridized carbons (Fsp3) is 0.219. The minimum Gasteiger partial charge on any atom is -0.388 e. The Labute approximate surface area is 230 Å². The van der Waals surface area contributed by atoms with E-state index >= 15 is 0 Å². The first-order chi connectivity index (χ1) is 18.9. The van der Waals surface area contributed by atoms with Crippen molar-refractivity contribution in [1.82, 2.24) is 20.2 Å². The Hall–Kier alpha value is -4.65. The predicted octanol–water partition coefficient (Wildman–Crippen LogP) is 5.66. The molecule has 1 aromatic heterocycles. The molecule has 0 atom stereocenters. The van der Waals surface area contributed by atoms with E-state index in [4.69, 9.17) is 0 Å². The zero-order valence-electron chi connectivity index (χ0n) is 23.1. The van der Waals surface area contributed by atoms with E-state index in [1.807, 2.05) is 50.0 Å². The number of hydrogen-bond acceptors (Lipinski definition) is 4. The van der Waals surface area contributed by atoms with Crippen LogP contribution in [-0.2, 0) is 18.4 Å². The average Bonchev–Trinajstić information content (AvgIpc) is 3.41. The Morgan fingerprint density at radius 1 is 0.897 bits per heavy atom.